The van der Waals surface area contributed by atoms with Crippen molar-refractivity contribution in [2.75, 3.05) is 0 Å². The summed E-state index contributed by atoms with van der Waals surface area (Å²) in [7, 11) is 0. The number of ketones is 1. The lowest BCUT2D eigenvalue weighted by atomic mass is 10.00. The zero-order valence-corrected chi connectivity index (χ0v) is 10.1. The van der Waals surface area contributed by atoms with Gasteiger partial charge >= 0.3 is 0 Å². The molecule has 0 amide bonds. The second kappa shape index (κ2) is 5.21. The largest absolute Gasteiger partial charge is 0.506 e. The number of aliphatic hydroxyl groups is 1. The van der Waals surface area contributed by atoms with Gasteiger partial charge in [0.15, 0.2) is 5.78 Å². The number of aromatic hydroxyl groups is 1. The number of benzene rings is 2. The maximum atomic E-state index is 12.0. The number of aliphatic hydroxyl groups excluding tert-OH is 1. The van der Waals surface area contributed by atoms with Crippen LogP contribution in [0.5, 0.6) is 5.75 Å². The van der Waals surface area contributed by atoms with E-state index in [1.54, 1.807) is 30.3 Å². The lowest BCUT2D eigenvalue weighted by molar-refractivity contribution is 0.0747. The van der Waals surface area contributed by atoms with Crippen LogP contribution in [0.3, 0.4) is 0 Å². The van der Waals surface area contributed by atoms with E-state index in [9.17, 15) is 15.0 Å². The van der Waals surface area contributed by atoms with Gasteiger partial charge in [0.05, 0.1) is 5.02 Å². The van der Waals surface area contributed by atoms with Crippen LogP contribution in [0, 0.1) is 0 Å². The third-order valence-electron chi connectivity index (χ3n) is 2.59. The van der Waals surface area contributed by atoms with Crippen LogP contribution < -0.4 is 0 Å². The second-order valence-electron chi connectivity index (χ2n) is 3.84. The molecule has 0 heterocycles. The molecule has 0 aromatic heterocycles. The standard InChI is InChI=1S/C14H11ClO3/c15-11-8-10(6-7-12(11)16)14(18)13(17)9-4-2-1-3-5-9/h1-8,14,16,18H. The first-order valence-electron chi connectivity index (χ1n) is 5.35. The number of hydrogen-bond donors (Lipinski definition) is 2. The van der Waals surface area contributed by atoms with Crippen LogP contribution in [0.25, 0.3) is 0 Å². The smallest absolute Gasteiger partial charge is 0.195 e. The van der Waals surface area contributed by atoms with Gasteiger partial charge in [0.25, 0.3) is 0 Å². The number of carbonyl (C=O) groups is 1. The average molecular weight is 263 g/mol. The lowest BCUT2D eigenvalue weighted by Gasteiger charge is -2.10. The third-order valence-corrected chi connectivity index (χ3v) is 2.90. The quantitative estimate of drug-likeness (QED) is 0.836. The van der Waals surface area contributed by atoms with Gasteiger partial charge in [0, 0.05) is 5.56 Å². The fourth-order valence-corrected chi connectivity index (χ4v) is 1.79. The fraction of sp³-hybridized carbons (Fsp3) is 0.0714. The van der Waals surface area contributed by atoms with Crippen molar-refractivity contribution in [2.24, 2.45) is 0 Å². The molecule has 0 spiro atoms. The first-order valence-corrected chi connectivity index (χ1v) is 5.73. The van der Waals surface area contributed by atoms with Gasteiger partial charge < -0.3 is 10.2 Å². The first kappa shape index (κ1) is 12.6. The first-order chi connectivity index (χ1) is 8.59. The maximum Gasteiger partial charge on any atom is 0.195 e. The zero-order valence-electron chi connectivity index (χ0n) is 9.38. The number of phenolic OH excluding ortho intramolecular Hbond substituents is 1. The van der Waals surface area contributed by atoms with E-state index in [0.717, 1.165) is 0 Å². The van der Waals surface area contributed by atoms with Crippen molar-refractivity contribution in [2.45, 2.75) is 6.10 Å². The Morgan fingerprint density at radius 1 is 1.11 bits per heavy atom. The Bertz CT molecular complexity index is 567. The molecule has 92 valence electrons. The molecule has 3 nitrogen and oxygen atoms in total. The van der Waals surface area contributed by atoms with Gasteiger partial charge in [0.1, 0.15) is 11.9 Å². The van der Waals surface area contributed by atoms with Crippen LogP contribution in [0.15, 0.2) is 48.5 Å². The zero-order chi connectivity index (χ0) is 13.1. The SMILES string of the molecule is O=C(c1ccccc1)C(O)c1ccc(O)c(Cl)c1. The summed E-state index contributed by atoms with van der Waals surface area (Å²) in [4.78, 5) is 12.0. The topological polar surface area (TPSA) is 57.5 Å². The van der Waals surface area contributed by atoms with Crippen molar-refractivity contribution >= 4 is 17.4 Å². The predicted molar refractivity (Wildman–Crippen MR) is 68.8 cm³/mol. The summed E-state index contributed by atoms with van der Waals surface area (Å²) in [6.07, 6.45) is -1.29. The van der Waals surface area contributed by atoms with Crippen LogP contribution >= 0.6 is 11.6 Å². The molecule has 0 fully saturated rings. The molecular formula is C14H11ClO3. The molecule has 0 radical (unpaired) electrons. The normalized spacial score (nSPS) is 12.1. The minimum atomic E-state index is -1.29. The minimum Gasteiger partial charge on any atom is -0.506 e. The van der Waals surface area contributed by atoms with Crippen molar-refractivity contribution < 1.29 is 15.0 Å². The van der Waals surface area contributed by atoms with E-state index in [1.165, 1.54) is 18.2 Å². The summed E-state index contributed by atoms with van der Waals surface area (Å²) < 4.78 is 0. The van der Waals surface area contributed by atoms with E-state index < -0.39 is 11.9 Å². The predicted octanol–water partition coefficient (Wildman–Crippen LogP) is 2.96. The Morgan fingerprint density at radius 3 is 2.39 bits per heavy atom. The molecule has 18 heavy (non-hydrogen) atoms. The summed E-state index contributed by atoms with van der Waals surface area (Å²) in [6, 6.07) is 12.7. The van der Waals surface area contributed by atoms with Gasteiger partial charge in [0.2, 0.25) is 0 Å². The van der Waals surface area contributed by atoms with Crippen LogP contribution in [0.1, 0.15) is 22.0 Å². The molecule has 0 bridgehead atoms. The van der Waals surface area contributed by atoms with E-state index in [4.69, 9.17) is 11.6 Å². The van der Waals surface area contributed by atoms with E-state index in [0.29, 0.717) is 11.1 Å². The highest BCUT2D eigenvalue weighted by molar-refractivity contribution is 6.32. The number of hydrogen-bond acceptors (Lipinski definition) is 3. The molecule has 4 heteroatoms. The molecule has 2 aromatic rings. The van der Waals surface area contributed by atoms with E-state index >= 15 is 0 Å². The molecule has 1 atom stereocenters. The van der Waals surface area contributed by atoms with E-state index in [-0.39, 0.29) is 10.8 Å². The van der Waals surface area contributed by atoms with Crippen LogP contribution in [0.4, 0.5) is 0 Å². The van der Waals surface area contributed by atoms with Crippen molar-refractivity contribution in [3.63, 3.8) is 0 Å². The third kappa shape index (κ3) is 2.53. The lowest BCUT2D eigenvalue weighted by Crippen LogP contribution is -2.12. The van der Waals surface area contributed by atoms with Crippen molar-refractivity contribution in [1.82, 2.24) is 0 Å². The number of rotatable bonds is 3. The molecule has 0 saturated heterocycles. The summed E-state index contributed by atoms with van der Waals surface area (Å²) in [5.41, 5.74) is 0.779. The number of halogens is 1. The monoisotopic (exact) mass is 262 g/mol. The Balaban J connectivity index is 2.28. The highest BCUT2D eigenvalue weighted by Gasteiger charge is 2.19. The van der Waals surface area contributed by atoms with Gasteiger partial charge in [-0.25, -0.2) is 0 Å². The number of carbonyl (C=O) groups excluding carboxylic acids is 1. The fourth-order valence-electron chi connectivity index (χ4n) is 1.60. The highest BCUT2D eigenvalue weighted by atomic mass is 35.5. The molecule has 2 N–H and O–H groups in total. The maximum absolute atomic E-state index is 12.0. The molecule has 0 aliphatic rings. The number of Topliss-reactive ketones (excluding diaryl/α,β-unsaturated/α-hetero) is 1. The van der Waals surface area contributed by atoms with Crippen molar-refractivity contribution in [3.05, 3.63) is 64.7 Å². The van der Waals surface area contributed by atoms with Gasteiger partial charge in [-0.2, -0.15) is 0 Å². The highest BCUT2D eigenvalue weighted by Crippen LogP contribution is 2.27. The second-order valence-corrected chi connectivity index (χ2v) is 4.25. The van der Waals surface area contributed by atoms with Gasteiger partial charge in [-0.1, -0.05) is 48.0 Å². The summed E-state index contributed by atoms with van der Waals surface area (Å²) in [5, 5.41) is 19.4. The average Bonchev–Trinajstić information content (AvgIpc) is 2.41. The summed E-state index contributed by atoms with van der Waals surface area (Å²) in [6.45, 7) is 0. The number of phenols is 1. The van der Waals surface area contributed by atoms with Gasteiger partial charge in [-0.3, -0.25) is 4.79 Å². The van der Waals surface area contributed by atoms with E-state index in [2.05, 4.69) is 0 Å². The molecule has 2 aromatic carbocycles. The van der Waals surface area contributed by atoms with Gasteiger partial charge in [-0.05, 0) is 17.7 Å². The van der Waals surface area contributed by atoms with E-state index in [1.807, 2.05) is 0 Å². The Hall–Kier alpha value is -1.84. The molecule has 0 saturated carbocycles. The van der Waals surface area contributed by atoms with Crippen LogP contribution in [0.2, 0.25) is 5.02 Å². The summed E-state index contributed by atoms with van der Waals surface area (Å²) >= 11 is 5.74. The van der Waals surface area contributed by atoms with Crippen molar-refractivity contribution in [1.29, 1.82) is 0 Å². The Labute approximate surface area is 109 Å². The van der Waals surface area contributed by atoms with Crippen molar-refractivity contribution in [3.8, 4) is 5.75 Å². The molecule has 1 unspecified atom stereocenters. The molecule has 0 aliphatic heterocycles. The van der Waals surface area contributed by atoms with Crippen LogP contribution in [-0.4, -0.2) is 16.0 Å². The molecule has 0 aliphatic carbocycles. The molecular weight excluding hydrogens is 252 g/mol. The Kier molecular flexibility index (Phi) is 3.65. The summed E-state index contributed by atoms with van der Waals surface area (Å²) in [5.74, 6) is -0.489. The minimum absolute atomic E-state index is 0.0835. The van der Waals surface area contributed by atoms with Gasteiger partial charge in [-0.15, -0.1) is 0 Å². The Morgan fingerprint density at radius 2 is 1.78 bits per heavy atom. The molecule has 2 rings (SSSR count). The van der Waals surface area contributed by atoms with Crippen LogP contribution in [-0.2, 0) is 0 Å².